The summed E-state index contributed by atoms with van der Waals surface area (Å²) in [5, 5.41) is 3.43. The van der Waals surface area contributed by atoms with Crippen LogP contribution in [-0.2, 0) is 6.61 Å². The molecule has 0 fully saturated rings. The molecule has 0 saturated heterocycles. The van der Waals surface area contributed by atoms with E-state index in [0.29, 0.717) is 13.2 Å². The monoisotopic (exact) mass is 335 g/mol. The molecule has 3 aromatic rings. The lowest BCUT2D eigenvalue weighted by molar-refractivity contribution is 0.277. The molecule has 1 unspecified atom stereocenters. The van der Waals surface area contributed by atoms with Crippen molar-refractivity contribution in [3.8, 4) is 11.5 Å². The molecule has 1 aliphatic heterocycles. The molecule has 3 aromatic carbocycles. The lowest BCUT2D eigenvalue weighted by Crippen LogP contribution is -2.23. The summed E-state index contributed by atoms with van der Waals surface area (Å²) in [4.78, 5) is 0. The summed E-state index contributed by atoms with van der Waals surface area (Å²) in [6.07, 6.45) is 0. The van der Waals surface area contributed by atoms with Crippen molar-refractivity contribution >= 4 is 5.69 Å². The van der Waals surface area contributed by atoms with Gasteiger partial charge in [-0.15, -0.1) is 0 Å². The molecule has 1 aliphatic rings. The maximum absolute atomic E-state index is 13.1. The van der Waals surface area contributed by atoms with Crippen LogP contribution >= 0.6 is 0 Å². The molecule has 0 radical (unpaired) electrons. The normalized spacial score (nSPS) is 15.6. The van der Waals surface area contributed by atoms with Gasteiger partial charge in [-0.1, -0.05) is 42.5 Å². The average molecular weight is 335 g/mol. The first-order valence-corrected chi connectivity index (χ1v) is 8.23. The molecule has 0 saturated carbocycles. The number of anilines is 1. The summed E-state index contributed by atoms with van der Waals surface area (Å²) in [6.45, 7) is 1.01. The molecule has 0 aliphatic carbocycles. The molecule has 126 valence electrons. The smallest absolute Gasteiger partial charge is 0.146 e. The lowest BCUT2D eigenvalue weighted by Gasteiger charge is -2.28. The van der Waals surface area contributed by atoms with Gasteiger partial charge in [0.1, 0.15) is 30.5 Å². The van der Waals surface area contributed by atoms with Crippen molar-refractivity contribution in [1.29, 1.82) is 0 Å². The van der Waals surface area contributed by atoms with Crippen molar-refractivity contribution < 1.29 is 13.9 Å². The van der Waals surface area contributed by atoms with Gasteiger partial charge in [0.25, 0.3) is 0 Å². The van der Waals surface area contributed by atoms with Gasteiger partial charge >= 0.3 is 0 Å². The third kappa shape index (κ3) is 3.58. The Morgan fingerprint density at radius 2 is 1.80 bits per heavy atom. The molecule has 1 N–H and O–H groups in total. The van der Waals surface area contributed by atoms with Crippen LogP contribution in [0.25, 0.3) is 0 Å². The zero-order valence-electron chi connectivity index (χ0n) is 13.6. The summed E-state index contributed by atoms with van der Waals surface area (Å²) >= 11 is 0. The van der Waals surface area contributed by atoms with Gasteiger partial charge in [0.15, 0.2) is 0 Å². The van der Waals surface area contributed by atoms with E-state index in [1.54, 1.807) is 12.1 Å². The highest BCUT2D eigenvalue weighted by Gasteiger charge is 2.20. The van der Waals surface area contributed by atoms with Gasteiger partial charge < -0.3 is 14.8 Å². The van der Waals surface area contributed by atoms with Crippen LogP contribution in [0.5, 0.6) is 11.5 Å². The van der Waals surface area contributed by atoms with Crippen LogP contribution in [0.1, 0.15) is 17.2 Å². The van der Waals surface area contributed by atoms with E-state index in [1.165, 1.54) is 12.1 Å². The van der Waals surface area contributed by atoms with Crippen LogP contribution in [0.4, 0.5) is 10.1 Å². The van der Waals surface area contributed by atoms with Gasteiger partial charge in [0.05, 0.1) is 11.7 Å². The number of hydrogen-bond donors (Lipinski definition) is 1. The minimum absolute atomic E-state index is 0.00388. The lowest BCUT2D eigenvalue weighted by atomic mass is 10.1. The Bertz CT molecular complexity index is 850. The Morgan fingerprint density at radius 1 is 1.00 bits per heavy atom. The van der Waals surface area contributed by atoms with E-state index >= 15 is 0 Å². The molecular weight excluding hydrogens is 317 g/mol. The SMILES string of the molecule is Fc1ccc(C2COc3cc(OCc4ccccc4)ccc3N2)cc1. The zero-order valence-corrected chi connectivity index (χ0v) is 13.6. The van der Waals surface area contributed by atoms with E-state index in [9.17, 15) is 4.39 Å². The van der Waals surface area contributed by atoms with Crippen LogP contribution in [0.2, 0.25) is 0 Å². The van der Waals surface area contributed by atoms with Crippen molar-refractivity contribution in [2.75, 3.05) is 11.9 Å². The van der Waals surface area contributed by atoms with Crippen molar-refractivity contribution in [3.05, 3.63) is 89.7 Å². The Balaban J connectivity index is 1.44. The van der Waals surface area contributed by atoms with Crippen LogP contribution in [0, 0.1) is 5.82 Å². The third-order valence-electron chi connectivity index (χ3n) is 4.21. The molecule has 0 bridgehead atoms. The summed E-state index contributed by atoms with van der Waals surface area (Å²) in [5.41, 5.74) is 3.03. The van der Waals surface area contributed by atoms with Crippen LogP contribution in [0.3, 0.4) is 0 Å². The minimum Gasteiger partial charge on any atom is -0.489 e. The van der Waals surface area contributed by atoms with E-state index in [0.717, 1.165) is 28.3 Å². The van der Waals surface area contributed by atoms with Gasteiger partial charge in [-0.05, 0) is 35.4 Å². The van der Waals surface area contributed by atoms with Crippen molar-refractivity contribution in [2.45, 2.75) is 12.6 Å². The van der Waals surface area contributed by atoms with E-state index < -0.39 is 0 Å². The Kier molecular flexibility index (Phi) is 4.25. The third-order valence-corrected chi connectivity index (χ3v) is 4.21. The van der Waals surface area contributed by atoms with Gasteiger partial charge in [0, 0.05) is 6.07 Å². The minimum atomic E-state index is -0.235. The van der Waals surface area contributed by atoms with Crippen LogP contribution in [0.15, 0.2) is 72.8 Å². The maximum atomic E-state index is 13.1. The van der Waals surface area contributed by atoms with Gasteiger partial charge in [-0.2, -0.15) is 0 Å². The number of halogens is 1. The molecular formula is C21H18FNO2. The average Bonchev–Trinajstić information content (AvgIpc) is 2.67. The Hall–Kier alpha value is -3.01. The Morgan fingerprint density at radius 3 is 2.60 bits per heavy atom. The molecule has 3 nitrogen and oxygen atoms in total. The maximum Gasteiger partial charge on any atom is 0.146 e. The van der Waals surface area contributed by atoms with E-state index in [1.807, 2.05) is 48.5 Å². The van der Waals surface area contributed by atoms with Crippen molar-refractivity contribution in [1.82, 2.24) is 0 Å². The zero-order chi connectivity index (χ0) is 17.1. The quantitative estimate of drug-likeness (QED) is 0.732. The first-order valence-electron chi connectivity index (χ1n) is 8.23. The molecule has 0 amide bonds. The fraction of sp³-hybridized carbons (Fsp3) is 0.143. The number of hydrogen-bond acceptors (Lipinski definition) is 3. The standard InChI is InChI=1S/C21H18FNO2/c22-17-8-6-16(7-9-17)20-14-25-21-12-18(10-11-19(21)23-20)24-13-15-4-2-1-3-5-15/h1-12,20,23H,13-14H2. The second kappa shape index (κ2) is 6.85. The number of fused-ring (bicyclic) bond motifs is 1. The predicted molar refractivity (Wildman–Crippen MR) is 95.5 cm³/mol. The number of benzene rings is 3. The van der Waals surface area contributed by atoms with Crippen LogP contribution in [-0.4, -0.2) is 6.61 Å². The second-order valence-corrected chi connectivity index (χ2v) is 5.99. The van der Waals surface area contributed by atoms with E-state index in [4.69, 9.17) is 9.47 Å². The number of ether oxygens (including phenoxy) is 2. The van der Waals surface area contributed by atoms with Crippen molar-refractivity contribution in [3.63, 3.8) is 0 Å². The molecule has 0 spiro atoms. The fourth-order valence-electron chi connectivity index (χ4n) is 2.85. The highest BCUT2D eigenvalue weighted by molar-refractivity contribution is 5.61. The molecule has 0 aromatic heterocycles. The van der Waals surface area contributed by atoms with Gasteiger partial charge in [-0.25, -0.2) is 4.39 Å². The van der Waals surface area contributed by atoms with Crippen molar-refractivity contribution in [2.24, 2.45) is 0 Å². The largest absolute Gasteiger partial charge is 0.489 e. The highest BCUT2D eigenvalue weighted by Crippen LogP contribution is 2.36. The molecule has 1 heterocycles. The molecule has 25 heavy (non-hydrogen) atoms. The topological polar surface area (TPSA) is 30.5 Å². The van der Waals surface area contributed by atoms with Gasteiger partial charge in [-0.3, -0.25) is 0 Å². The van der Waals surface area contributed by atoms with E-state index in [-0.39, 0.29) is 11.9 Å². The molecule has 4 heteroatoms. The molecule has 1 atom stereocenters. The van der Waals surface area contributed by atoms with Crippen LogP contribution < -0.4 is 14.8 Å². The highest BCUT2D eigenvalue weighted by atomic mass is 19.1. The summed E-state index contributed by atoms with van der Waals surface area (Å²) in [7, 11) is 0. The Labute approximate surface area is 146 Å². The first-order chi connectivity index (χ1) is 12.3. The van der Waals surface area contributed by atoms with E-state index in [2.05, 4.69) is 5.32 Å². The van der Waals surface area contributed by atoms with Gasteiger partial charge in [0.2, 0.25) is 0 Å². The summed E-state index contributed by atoms with van der Waals surface area (Å²) in [6, 6.07) is 22.3. The predicted octanol–water partition coefficient (Wildman–Crippen LogP) is 4.95. The fourth-order valence-corrected chi connectivity index (χ4v) is 2.85. The molecule has 4 rings (SSSR count). The number of rotatable bonds is 4. The second-order valence-electron chi connectivity index (χ2n) is 5.99. The summed E-state index contributed by atoms with van der Waals surface area (Å²) in [5.74, 6) is 1.30. The number of nitrogens with one attached hydrogen (secondary N) is 1. The first kappa shape index (κ1) is 15.5. The summed E-state index contributed by atoms with van der Waals surface area (Å²) < 4.78 is 24.8.